The molecule has 0 amide bonds. The van der Waals surface area contributed by atoms with Crippen LogP contribution in [-0.2, 0) is 16.0 Å². The first kappa shape index (κ1) is 22.7. The van der Waals surface area contributed by atoms with Gasteiger partial charge in [0.05, 0.1) is 6.61 Å². The molecule has 1 aromatic carbocycles. The van der Waals surface area contributed by atoms with Gasteiger partial charge in [0.15, 0.2) is 0 Å². The molecule has 1 aliphatic carbocycles. The number of carbonyl (C=O) groups is 1. The molecule has 28 heavy (non-hydrogen) atoms. The van der Waals surface area contributed by atoms with Crippen molar-refractivity contribution in [3.8, 4) is 0 Å². The smallest absolute Gasteiger partial charge is 0.334 e. The zero-order valence-corrected chi connectivity index (χ0v) is 18.2. The van der Waals surface area contributed by atoms with Crippen LogP contribution < -0.4 is 0 Å². The van der Waals surface area contributed by atoms with E-state index in [1.165, 1.54) is 62.5 Å². The van der Waals surface area contributed by atoms with Gasteiger partial charge < -0.3 is 9.64 Å². The Morgan fingerprint density at radius 2 is 1.79 bits per heavy atom. The van der Waals surface area contributed by atoms with Gasteiger partial charge in [-0.25, -0.2) is 4.79 Å². The van der Waals surface area contributed by atoms with E-state index in [1.807, 2.05) is 19.0 Å². The van der Waals surface area contributed by atoms with E-state index >= 15 is 0 Å². The number of hydrogen-bond donors (Lipinski definition) is 0. The molecule has 1 fully saturated rings. The van der Waals surface area contributed by atoms with E-state index in [9.17, 15) is 4.79 Å². The van der Waals surface area contributed by atoms with Crippen LogP contribution in [0.4, 0.5) is 0 Å². The third kappa shape index (κ3) is 7.79. The third-order valence-corrected chi connectivity index (χ3v) is 5.93. The summed E-state index contributed by atoms with van der Waals surface area (Å²) in [5, 5.41) is 0. The predicted molar refractivity (Wildman–Crippen MR) is 118 cm³/mol. The lowest BCUT2D eigenvalue weighted by Crippen LogP contribution is -2.21. The lowest BCUT2D eigenvalue weighted by molar-refractivity contribution is -0.139. The Hall–Kier alpha value is -1.61. The molecule has 1 aliphatic rings. The number of likely N-dealkylation sites (N-methyl/N-ethyl adjacent to an activating group) is 1. The first-order valence-electron chi connectivity index (χ1n) is 11.1. The Morgan fingerprint density at radius 3 is 2.39 bits per heavy atom. The van der Waals surface area contributed by atoms with Gasteiger partial charge in [-0.1, -0.05) is 63.5 Å². The standard InChI is InChI=1S/C25H39NO2/c1-5-6-7-8-21-9-13-23(14-10-21)24-15-11-22(12-16-24)17-18-28-25(27)20(2)19-26(3)4/h11-12,15-16,21,23H,2,5-10,13-14,17-19H2,1,3-4H3. The fourth-order valence-electron chi connectivity index (χ4n) is 4.23. The number of carbonyl (C=O) groups excluding carboxylic acids is 1. The summed E-state index contributed by atoms with van der Waals surface area (Å²) in [7, 11) is 3.83. The Labute approximate surface area is 172 Å². The fraction of sp³-hybridized carbons (Fsp3) is 0.640. The van der Waals surface area contributed by atoms with Crippen molar-refractivity contribution in [2.75, 3.05) is 27.2 Å². The predicted octanol–water partition coefficient (Wildman–Crippen LogP) is 5.74. The summed E-state index contributed by atoms with van der Waals surface area (Å²) in [6.45, 7) is 7.02. The van der Waals surface area contributed by atoms with Crippen LogP contribution >= 0.6 is 0 Å². The van der Waals surface area contributed by atoms with Gasteiger partial charge in [0.25, 0.3) is 0 Å². The highest BCUT2D eigenvalue weighted by molar-refractivity contribution is 5.88. The molecule has 3 nitrogen and oxygen atoms in total. The van der Waals surface area contributed by atoms with Gasteiger partial charge in [0, 0.05) is 18.5 Å². The molecule has 0 aromatic heterocycles. The number of benzene rings is 1. The molecule has 0 N–H and O–H groups in total. The van der Waals surface area contributed by atoms with Gasteiger partial charge in [0.1, 0.15) is 0 Å². The molecule has 0 unspecified atom stereocenters. The van der Waals surface area contributed by atoms with Gasteiger partial charge in [0.2, 0.25) is 0 Å². The van der Waals surface area contributed by atoms with Crippen molar-refractivity contribution in [2.24, 2.45) is 5.92 Å². The van der Waals surface area contributed by atoms with Crippen molar-refractivity contribution in [3.63, 3.8) is 0 Å². The second-order valence-corrected chi connectivity index (χ2v) is 8.68. The highest BCUT2D eigenvalue weighted by atomic mass is 16.5. The van der Waals surface area contributed by atoms with E-state index in [1.54, 1.807) is 0 Å². The Bertz CT molecular complexity index is 597. The van der Waals surface area contributed by atoms with Crippen LogP contribution in [0.2, 0.25) is 0 Å². The molecule has 1 saturated carbocycles. The van der Waals surface area contributed by atoms with Crippen molar-refractivity contribution in [2.45, 2.75) is 70.6 Å². The summed E-state index contributed by atoms with van der Waals surface area (Å²) < 4.78 is 5.34. The zero-order valence-electron chi connectivity index (χ0n) is 18.2. The molecule has 3 heteroatoms. The first-order chi connectivity index (χ1) is 13.5. The minimum absolute atomic E-state index is 0.291. The Kier molecular flexibility index (Phi) is 9.77. The molecule has 0 saturated heterocycles. The molecule has 156 valence electrons. The van der Waals surface area contributed by atoms with Crippen molar-refractivity contribution < 1.29 is 9.53 Å². The highest BCUT2D eigenvalue weighted by Gasteiger charge is 2.22. The molecular weight excluding hydrogens is 346 g/mol. The molecule has 0 heterocycles. The summed E-state index contributed by atoms with van der Waals surface area (Å²) in [6.07, 6.45) is 11.8. The average Bonchev–Trinajstić information content (AvgIpc) is 2.69. The number of esters is 1. The van der Waals surface area contributed by atoms with Gasteiger partial charge in [-0.15, -0.1) is 0 Å². The minimum atomic E-state index is -0.291. The molecule has 0 bridgehead atoms. The van der Waals surface area contributed by atoms with E-state index in [2.05, 4.69) is 37.8 Å². The van der Waals surface area contributed by atoms with Crippen molar-refractivity contribution in [1.29, 1.82) is 0 Å². The lowest BCUT2D eigenvalue weighted by Gasteiger charge is -2.29. The van der Waals surface area contributed by atoms with E-state index in [-0.39, 0.29) is 5.97 Å². The molecule has 1 aromatic rings. The third-order valence-electron chi connectivity index (χ3n) is 5.93. The number of nitrogens with zero attached hydrogens (tertiary/aromatic N) is 1. The van der Waals surface area contributed by atoms with Crippen LogP contribution in [0.15, 0.2) is 36.4 Å². The maximum absolute atomic E-state index is 11.9. The first-order valence-corrected chi connectivity index (χ1v) is 11.1. The molecule has 0 aliphatic heterocycles. The van der Waals surface area contributed by atoms with E-state index < -0.39 is 0 Å². The quantitative estimate of drug-likeness (QED) is 0.276. The largest absolute Gasteiger partial charge is 0.462 e. The van der Waals surface area contributed by atoms with Crippen molar-refractivity contribution >= 4 is 5.97 Å². The molecule has 2 rings (SSSR count). The zero-order chi connectivity index (χ0) is 20.4. The SMILES string of the molecule is C=C(CN(C)C)C(=O)OCCc1ccc(C2CCC(CCCCC)CC2)cc1. The van der Waals surface area contributed by atoms with Gasteiger partial charge in [-0.3, -0.25) is 0 Å². The summed E-state index contributed by atoms with van der Waals surface area (Å²) >= 11 is 0. The maximum atomic E-state index is 11.9. The van der Waals surface area contributed by atoms with Crippen LogP contribution in [0.25, 0.3) is 0 Å². The van der Waals surface area contributed by atoms with Crippen molar-refractivity contribution in [3.05, 3.63) is 47.5 Å². The molecule has 0 atom stereocenters. The number of ether oxygens (including phenoxy) is 1. The van der Waals surface area contributed by atoms with Crippen LogP contribution in [0.5, 0.6) is 0 Å². The minimum Gasteiger partial charge on any atom is -0.462 e. The van der Waals surface area contributed by atoms with Crippen LogP contribution in [-0.4, -0.2) is 38.1 Å². The van der Waals surface area contributed by atoms with E-state index in [0.29, 0.717) is 18.7 Å². The fourth-order valence-corrected chi connectivity index (χ4v) is 4.23. The second-order valence-electron chi connectivity index (χ2n) is 8.68. The van der Waals surface area contributed by atoms with Gasteiger partial charge in [-0.05, 0) is 62.7 Å². The van der Waals surface area contributed by atoms with Crippen LogP contribution in [0, 0.1) is 5.92 Å². The highest BCUT2D eigenvalue weighted by Crippen LogP contribution is 2.37. The summed E-state index contributed by atoms with van der Waals surface area (Å²) in [4.78, 5) is 13.8. The molecular formula is C25H39NO2. The topological polar surface area (TPSA) is 29.5 Å². The monoisotopic (exact) mass is 385 g/mol. The Balaban J connectivity index is 1.70. The number of hydrogen-bond acceptors (Lipinski definition) is 3. The molecule has 0 radical (unpaired) electrons. The van der Waals surface area contributed by atoms with E-state index in [4.69, 9.17) is 4.74 Å². The Morgan fingerprint density at radius 1 is 1.11 bits per heavy atom. The molecule has 0 spiro atoms. The summed E-state index contributed by atoms with van der Waals surface area (Å²) in [5.41, 5.74) is 3.21. The maximum Gasteiger partial charge on any atom is 0.334 e. The number of rotatable bonds is 11. The average molecular weight is 386 g/mol. The second kappa shape index (κ2) is 12.1. The van der Waals surface area contributed by atoms with Crippen molar-refractivity contribution in [1.82, 2.24) is 4.90 Å². The lowest BCUT2D eigenvalue weighted by atomic mass is 9.77. The van der Waals surface area contributed by atoms with Gasteiger partial charge in [-0.2, -0.15) is 0 Å². The van der Waals surface area contributed by atoms with Crippen LogP contribution in [0.3, 0.4) is 0 Å². The summed E-state index contributed by atoms with van der Waals surface area (Å²) in [5.74, 6) is 1.39. The normalized spacial score (nSPS) is 19.6. The van der Waals surface area contributed by atoms with Gasteiger partial charge >= 0.3 is 5.97 Å². The van der Waals surface area contributed by atoms with Crippen LogP contribution in [0.1, 0.15) is 75.3 Å². The number of unbranched alkanes of at least 4 members (excludes halogenated alkanes) is 2. The van der Waals surface area contributed by atoms with E-state index in [0.717, 1.165) is 18.3 Å². The summed E-state index contributed by atoms with van der Waals surface area (Å²) in [6, 6.07) is 8.96.